The fourth-order valence-electron chi connectivity index (χ4n) is 1.02. The Labute approximate surface area is 77.0 Å². The van der Waals surface area contributed by atoms with E-state index in [1.54, 1.807) is 0 Å². The van der Waals surface area contributed by atoms with Crippen LogP contribution in [0.1, 0.15) is 47.0 Å². The number of likely N-dealkylation sites (tertiary alicyclic amines) is 1. The Morgan fingerprint density at radius 2 is 1.33 bits per heavy atom. The molecule has 74 valence electrons. The minimum atomic E-state index is 0.944. The Hall–Kier alpha value is -0.530. The summed E-state index contributed by atoms with van der Waals surface area (Å²) in [6.07, 6.45) is 4.63. The number of carbonyl (C=O) groups excluding carboxylic acids is 1. The van der Waals surface area contributed by atoms with E-state index in [-0.39, 0.29) is 0 Å². The van der Waals surface area contributed by atoms with Crippen molar-refractivity contribution in [2.75, 3.05) is 13.1 Å². The van der Waals surface area contributed by atoms with Crippen molar-refractivity contribution in [2.24, 2.45) is 0 Å². The largest absolute Gasteiger partial charge is 0.345 e. The predicted octanol–water partition coefficient (Wildman–Crippen LogP) is 2.68. The standard InChI is InChI=1S/C6H11NO.2C2H6/c8-6-7-4-2-1-3-5-7;2*1-2/h6H,1-5H2;2*1-2H3. The smallest absolute Gasteiger partial charge is 0.209 e. The van der Waals surface area contributed by atoms with Crippen LogP contribution in [-0.2, 0) is 4.79 Å². The van der Waals surface area contributed by atoms with Gasteiger partial charge in [0.2, 0.25) is 6.41 Å². The Balaban J connectivity index is 0. The van der Waals surface area contributed by atoms with Gasteiger partial charge in [0.15, 0.2) is 0 Å². The van der Waals surface area contributed by atoms with Crippen molar-refractivity contribution in [2.45, 2.75) is 47.0 Å². The molecular weight excluding hydrogens is 150 g/mol. The molecule has 1 amide bonds. The lowest BCUT2D eigenvalue weighted by atomic mass is 10.1. The molecule has 0 N–H and O–H groups in total. The third kappa shape index (κ3) is 7.58. The van der Waals surface area contributed by atoms with Crippen molar-refractivity contribution < 1.29 is 4.79 Å². The van der Waals surface area contributed by atoms with Crippen molar-refractivity contribution in [3.63, 3.8) is 0 Å². The molecular formula is C10H23NO. The predicted molar refractivity (Wildman–Crippen MR) is 54.2 cm³/mol. The van der Waals surface area contributed by atoms with Gasteiger partial charge in [-0.15, -0.1) is 0 Å². The second-order valence-corrected chi connectivity index (χ2v) is 2.20. The molecule has 0 radical (unpaired) electrons. The van der Waals surface area contributed by atoms with E-state index in [0.29, 0.717) is 0 Å². The lowest BCUT2D eigenvalue weighted by Gasteiger charge is -2.21. The van der Waals surface area contributed by atoms with Gasteiger partial charge in [-0.25, -0.2) is 0 Å². The molecule has 1 fully saturated rings. The second-order valence-electron chi connectivity index (χ2n) is 2.20. The van der Waals surface area contributed by atoms with Gasteiger partial charge in [0.25, 0.3) is 0 Å². The average Bonchev–Trinajstić information content (AvgIpc) is 2.25. The zero-order valence-corrected chi connectivity index (χ0v) is 8.97. The van der Waals surface area contributed by atoms with Crippen molar-refractivity contribution in [1.29, 1.82) is 0 Å². The number of piperidine rings is 1. The highest BCUT2D eigenvalue weighted by atomic mass is 16.1. The molecule has 1 aliphatic rings. The van der Waals surface area contributed by atoms with Gasteiger partial charge in [0.1, 0.15) is 0 Å². The molecule has 0 aromatic rings. The van der Waals surface area contributed by atoms with Crippen LogP contribution in [0.2, 0.25) is 0 Å². The Kier molecular flexibility index (Phi) is 15.3. The van der Waals surface area contributed by atoms with Crippen LogP contribution in [-0.4, -0.2) is 24.4 Å². The molecule has 1 aliphatic heterocycles. The quantitative estimate of drug-likeness (QED) is 0.558. The van der Waals surface area contributed by atoms with Crippen molar-refractivity contribution in [3.05, 3.63) is 0 Å². The molecule has 1 saturated heterocycles. The van der Waals surface area contributed by atoms with Gasteiger partial charge >= 0.3 is 0 Å². The van der Waals surface area contributed by atoms with E-state index < -0.39 is 0 Å². The van der Waals surface area contributed by atoms with Gasteiger partial charge in [-0.2, -0.15) is 0 Å². The first-order valence-corrected chi connectivity index (χ1v) is 5.13. The summed E-state index contributed by atoms with van der Waals surface area (Å²) < 4.78 is 0. The number of hydrogen-bond donors (Lipinski definition) is 0. The van der Waals surface area contributed by atoms with E-state index in [4.69, 9.17) is 0 Å². The third-order valence-electron chi connectivity index (χ3n) is 1.54. The molecule has 0 spiro atoms. The van der Waals surface area contributed by atoms with Gasteiger partial charge in [-0.3, -0.25) is 4.79 Å². The average molecular weight is 173 g/mol. The van der Waals surface area contributed by atoms with Crippen molar-refractivity contribution >= 4 is 6.41 Å². The van der Waals surface area contributed by atoms with Crippen LogP contribution >= 0.6 is 0 Å². The summed E-state index contributed by atoms with van der Waals surface area (Å²) in [6, 6.07) is 0. The molecule has 0 unspecified atom stereocenters. The molecule has 1 rings (SSSR count). The summed E-state index contributed by atoms with van der Waals surface area (Å²) in [5.41, 5.74) is 0. The molecule has 0 aliphatic carbocycles. The molecule has 0 atom stereocenters. The number of rotatable bonds is 1. The van der Waals surface area contributed by atoms with Crippen molar-refractivity contribution in [3.8, 4) is 0 Å². The maximum absolute atomic E-state index is 10.1. The summed E-state index contributed by atoms with van der Waals surface area (Å²) in [5, 5.41) is 0. The number of carbonyl (C=O) groups is 1. The number of amides is 1. The molecule has 0 bridgehead atoms. The Morgan fingerprint density at radius 1 is 0.917 bits per heavy atom. The maximum atomic E-state index is 10.1. The highest BCUT2D eigenvalue weighted by Gasteiger charge is 2.05. The fraction of sp³-hybridized carbons (Fsp3) is 0.900. The lowest BCUT2D eigenvalue weighted by molar-refractivity contribution is -0.118. The molecule has 1 heterocycles. The molecule has 0 aromatic carbocycles. The van der Waals surface area contributed by atoms with Crippen LogP contribution in [0.3, 0.4) is 0 Å². The summed E-state index contributed by atoms with van der Waals surface area (Å²) >= 11 is 0. The zero-order chi connectivity index (χ0) is 9.82. The minimum Gasteiger partial charge on any atom is -0.345 e. The molecule has 0 saturated carbocycles. The van der Waals surface area contributed by atoms with Crippen LogP contribution in [0.25, 0.3) is 0 Å². The van der Waals surface area contributed by atoms with Gasteiger partial charge in [-0.05, 0) is 19.3 Å². The number of nitrogens with zero attached hydrogens (tertiary/aromatic N) is 1. The van der Waals surface area contributed by atoms with Gasteiger partial charge in [0.05, 0.1) is 0 Å². The third-order valence-corrected chi connectivity index (χ3v) is 1.54. The molecule has 2 heteroatoms. The zero-order valence-electron chi connectivity index (χ0n) is 8.97. The molecule has 2 nitrogen and oxygen atoms in total. The Bertz CT molecular complexity index is 77.9. The van der Waals surface area contributed by atoms with Crippen LogP contribution in [0.15, 0.2) is 0 Å². The van der Waals surface area contributed by atoms with Crippen LogP contribution < -0.4 is 0 Å². The molecule has 12 heavy (non-hydrogen) atoms. The Morgan fingerprint density at radius 3 is 1.58 bits per heavy atom. The lowest BCUT2D eigenvalue weighted by Crippen LogP contribution is -2.27. The van der Waals surface area contributed by atoms with Gasteiger partial charge < -0.3 is 4.90 Å². The van der Waals surface area contributed by atoms with E-state index in [1.165, 1.54) is 19.3 Å². The fourth-order valence-corrected chi connectivity index (χ4v) is 1.02. The number of hydrogen-bond acceptors (Lipinski definition) is 1. The summed E-state index contributed by atoms with van der Waals surface area (Å²) in [4.78, 5) is 11.9. The van der Waals surface area contributed by atoms with E-state index in [9.17, 15) is 4.79 Å². The highest BCUT2D eigenvalue weighted by molar-refractivity contribution is 5.46. The monoisotopic (exact) mass is 173 g/mol. The van der Waals surface area contributed by atoms with E-state index in [1.807, 2.05) is 32.6 Å². The minimum absolute atomic E-state index is 0.944. The maximum Gasteiger partial charge on any atom is 0.209 e. The van der Waals surface area contributed by atoms with E-state index >= 15 is 0 Å². The van der Waals surface area contributed by atoms with E-state index in [2.05, 4.69) is 0 Å². The highest BCUT2D eigenvalue weighted by Crippen LogP contribution is 2.05. The van der Waals surface area contributed by atoms with Crippen LogP contribution in [0.4, 0.5) is 0 Å². The first kappa shape index (κ1) is 14.0. The van der Waals surface area contributed by atoms with E-state index in [0.717, 1.165) is 19.5 Å². The van der Waals surface area contributed by atoms with Crippen LogP contribution in [0, 0.1) is 0 Å². The normalized spacial score (nSPS) is 14.8. The van der Waals surface area contributed by atoms with Gasteiger partial charge in [-0.1, -0.05) is 27.7 Å². The van der Waals surface area contributed by atoms with Crippen LogP contribution in [0.5, 0.6) is 0 Å². The molecule has 0 aromatic heterocycles. The van der Waals surface area contributed by atoms with Crippen molar-refractivity contribution in [1.82, 2.24) is 4.90 Å². The first-order chi connectivity index (χ1) is 5.93. The summed E-state index contributed by atoms with van der Waals surface area (Å²) in [7, 11) is 0. The summed E-state index contributed by atoms with van der Waals surface area (Å²) in [5.74, 6) is 0. The topological polar surface area (TPSA) is 20.3 Å². The van der Waals surface area contributed by atoms with Gasteiger partial charge in [0, 0.05) is 13.1 Å². The second kappa shape index (κ2) is 13.1. The SMILES string of the molecule is CC.CC.O=CN1CCCCC1. The summed E-state index contributed by atoms with van der Waals surface area (Å²) in [6.45, 7) is 9.95. The first-order valence-electron chi connectivity index (χ1n) is 5.13.